The lowest BCUT2D eigenvalue weighted by Gasteiger charge is -2.05. The molecular weight excluding hydrogens is 312 g/mol. The lowest BCUT2D eigenvalue weighted by atomic mass is 10.1. The van der Waals surface area contributed by atoms with E-state index >= 15 is 0 Å². The largest absolute Gasteiger partial charge is 0.496 e. The minimum atomic E-state index is -0.247. The topological polar surface area (TPSA) is 50.7 Å². The van der Waals surface area contributed by atoms with Crippen LogP contribution in [-0.2, 0) is 4.79 Å². The molecule has 2 aromatic rings. The van der Waals surface area contributed by atoms with Crippen LogP contribution in [0.15, 0.2) is 53.2 Å². The average Bonchev–Trinajstić information content (AvgIpc) is 2.89. The quantitative estimate of drug-likeness (QED) is 0.877. The zero-order valence-electron chi connectivity index (χ0n) is 12.8. The van der Waals surface area contributed by atoms with Crippen molar-refractivity contribution in [2.45, 2.75) is 6.92 Å². The number of rotatable bonds is 3. The van der Waals surface area contributed by atoms with Crippen LogP contribution in [0.4, 0.5) is 0 Å². The Morgan fingerprint density at radius 2 is 2.04 bits per heavy atom. The van der Waals surface area contributed by atoms with Crippen LogP contribution in [0.3, 0.4) is 0 Å². The predicted molar refractivity (Wildman–Crippen MR) is 91.8 cm³/mol. The molecule has 3 rings (SSSR count). The Morgan fingerprint density at radius 1 is 1.22 bits per heavy atom. The number of ether oxygens (including phenoxy) is 1. The third kappa shape index (κ3) is 3.27. The van der Waals surface area contributed by atoms with Crippen molar-refractivity contribution in [3.63, 3.8) is 0 Å². The Hall–Kier alpha value is -2.59. The number of nitrogens with one attached hydrogen (secondary N) is 1. The number of nitrogens with zero attached hydrogens (tertiary/aromatic N) is 1. The molecular formula is C18H15ClN2O2. The van der Waals surface area contributed by atoms with Crippen molar-refractivity contribution in [3.8, 4) is 5.75 Å². The number of carbonyl (C=O) groups is 1. The zero-order chi connectivity index (χ0) is 16.4. The molecule has 4 nitrogen and oxygen atoms in total. The first-order valence-corrected chi connectivity index (χ1v) is 7.47. The molecule has 5 heteroatoms. The average molecular weight is 327 g/mol. The lowest BCUT2D eigenvalue weighted by molar-refractivity contribution is -0.115. The van der Waals surface area contributed by atoms with E-state index in [1.54, 1.807) is 31.4 Å². The van der Waals surface area contributed by atoms with Crippen LogP contribution in [0.25, 0.3) is 6.08 Å². The molecule has 1 N–H and O–H groups in total. The number of halogens is 1. The molecule has 116 valence electrons. The maximum absolute atomic E-state index is 12.2. The fourth-order valence-corrected chi connectivity index (χ4v) is 2.54. The Labute approximate surface area is 139 Å². The van der Waals surface area contributed by atoms with Gasteiger partial charge in [0.1, 0.15) is 17.3 Å². The third-order valence-electron chi connectivity index (χ3n) is 3.47. The highest BCUT2D eigenvalue weighted by Crippen LogP contribution is 2.26. The van der Waals surface area contributed by atoms with Crippen LogP contribution in [0, 0.1) is 6.92 Å². The summed E-state index contributed by atoms with van der Waals surface area (Å²) in [5, 5.41) is 3.36. The summed E-state index contributed by atoms with van der Waals surface area (Å²) in [5.41, 5.74) is 3.01. The molecule has 0 aromatic heterocycles. The fraction of sp³-hybridized carbons (Fsp3) is 0.111. The van der Waals surface area contributed by atoms with Crippen LogP contribution in [0.1, 0.15) is 16.7 Å². The minimum Gasteiger partial charge on any atom is -0.496 e. The molecule has 0 radical (unpaired) electrons. The zero-order valence-corrected chi connectivity index (χ0v) is 13.5. The van der Waals surface area contributed by atoms with E-state index in [2.05, 4.69) is 10.3 Å². The van der Waals surface area contributed by atoms with Crippen LogP contribution < -0.4 is 10.1 Å². The van der Waals surface area contributed by atoms with Gasteiger partial charge in [-0.2, -0.15) is 0 Å². The number of carbonyl (C=O) groups excluding carboxylic acids is 1. The standard InChI is InChI=1S/C18H15ClN2O2/c1-11-4-3-5-12(8-11)17-20-15(18(22)21-17)10-13-9-14(19)6-7-16(13)23-2/h3-10H,1-2H3,(H,20,21,22)/b15-10+. The van der Waals surface area contributed by atoms with Gasteiger partial charge in [0.25, 0.3) is 5.91 Å². The van der Waals surface area contributed by atoms with E-state index in [1.807, 2.05) is 31.2 Å². The second-order valence-corrected chi connectivity index (χ2v) is 5.64. The van der Waals surface area contributed by atoms with Gasteiger partial charge >= 0.3 is 0 Å². The van der Waals surface area contributed by atoms with Crippen molar-refractivity contribution in [3.05, 3.63) is 69.9 Å². The van der Waals surface area contributed by atoms with E-state index in [4.69, 9.17) is 16.3 Å². The van der Waals surface area contributed by atoms with Crippen molar-refractivity contribution in [1.82, 2.24) is 5.32 Å². The first-order chi connectivity index (χ1) is 11.1. The summed E-state index contributed by atoms with van der Waals surface area (Å²) in [4.78, 5) is 16.6. The van der Waals surface area contributed by atoms with Gasteiger partial charge in [-0.1, -0.05) is 35.4 Å². The van der Waals surface area contributed by atoms with E-state index in [-0.39, 0.29) is 5.91 Å². The molecule has 0 fully saturated rings. The van der Waals surface area contributed by atoms with Gasteiger partial charge in [0.2, 0.25) is 0 Å². The summed E-state index contributed by atoms with van der Waals surface area (Å²) in [6, 6.07) is 13.0. The Bertz CT molecular complexity index is 841. The van der Waals surface area contributed by atoms with Crippen LogP contribution in [-0.4, -0.2) is 18.9 Å². The molecule has 0 atom stereocenters. The molecule has 0 unspecified atom stereocenters. The van der Waals surface area contributed by atoms with E-state index in [0.717, 1.165) is 11.1 Å². The van der Waals surface area contributed by atoms with Crippen LogP contribution >= 0.6 is 11.6 Å². The third-order valence-corrected chi connectivity index (χ3v) is 3.71. The Morgan fingerprint density at radius 3 is 2.78 bits per heavy atom. The molecule has 0 saturated heterocycles. The Kier molecular flexibility index (Phi) is 4.17. The van der Waals surface area contributed by atoms with Crippen molar-refractivity contribution >= 4 is 29.4 Å². The van der Waals surface area contributed by atoms with E-state index in [0.29, 0.717) is 27.9 Å². The molecule has 0 saturated carbocycles. The first-order valence-electron chi connectivity index (χ1n) is 7.09. The molecule has 0 bridgehead atoms. The van der Waals surface area contributed by atoms with Crippen LogP contribution in [0.5, 0.6) is 5.75 Å². The van der Waals surface area contributed by atoms with Gasteiger partial charge in [-0.15, -0.1) is 0 Å². The summed E-state index contributed by atoms with van der Waals surface area (Å²) in [6.45, 7) is 1.99. The molecule has 1 heterocycles. The summed E-state index contributed by atoms with van der Waals surface area (Å²) in [6.07, 6.45) is 1.67. The number of methoxy groups -OCH3 is 1. The van der Waals surface area contributed by atoms with Gasteiger partial charge in [-0.3, -0.25) is 4.79 Å². The number of amides is 1. The first kappa shape index (κ1) is 15.3. The second-order valence-electron chi connectivity index (χ2n) is 5.20. The summed E-state index contributed by atoms with van der Waals surface area (Å²) in [5.74, 6) is 0.934. The van der Waals surface area contributed by atoms with E-state index in [9.17, 15) is 4.79 Å². The highest BCUT2D eigenvalue weighted by Gasteiger charge is 2.21. The Balaban J connectivity index is 2.00. The molecule has 0 aliphatic carbocycles. The maximum atomic E-state index is 12.2. The van der Waals surface area contributed by atoms with Crippen molar-refractivity contribution in [2.75, 3.05) is 7.11 Å². The van der Waals surface area contributed by atoms with Gasteiger partial charge in [-0.05, 0) is 37.3 Å². The van der Waals surface area contributed by atoms with E-state index < -0.39 is 0 Å². The smallest absolute Gasteiger partial charge is 0.275 e. The molecule has 1 amide bonds. The lowest BCUT2D eigenvalue weighted by Crippen LogP contribution is -2.24. The van der Waals surface area contributed by atoms with Gasteiger partial charge in [0.15, 0.2) is 0 Å². The number of hydrogen-bond donors (Lipinski definition) is 1. The molecule has 23 heavy (non-hydrogen) atoms. The highest BCUT2D eigenvalue weighted by molar-refractivity contribution is 6.30. The second kappa shape index (κ2) is 6.26. The SMILES string of the molecule is COc1ccc(Cl)cc1/C=C1/N=C(c2cccc(C)c2)NC1=O. The summed E-state index contributed by atoms with van der Waals surface area (Å²) < 4.78 is 5.29. The van der Waals surface area contributed by atoms with Crippen molar-refractivity contribution in [2.24, 2.45) is 4.99 Å². The molecule has 2 aromatic carbocycles. The molecule has 0 spiro atoms. The number of amidine groups is 1. The summed E-state index contributed by atoms with van der Waals surface area (Å²) >= 11 is 6.02. The van der Waals surface area contributed by atoms with Gasteiger partial charge in [-0.25, -0.2) is 4.99 Å². The van der Waals surface area contributed by atoms with Gasteiger partial charge in [0, 0.05) is 16.1 Å². The maximum Gasteiger partial charge on any atom is 0.275 e. The van der Waals surface area contributed by atoms with Crippen LogP contribution in [0.2, 0.25) is 5.02 Å². The van der Waals surface area contributed by atoms with Crippen molar-refractivity contribution in [1.29, 1.82) is 0 Å². The fourth-order valence-electron chi connectivity index (χ4n) is 2.36. The number of hydrogen-bond acceptors (Lipinski definition) is 3. The van der Waals surface area contributed by atoms with E-state index in [1.165, 1.54) is 0 Å². The highest BCUT2D eigenvalue weighted by atomic mass is 35.5. The molecule has 1 aliphatic rings. The number of aryl methyl sites for hydroxylation is 1. The van der Waals surface area contributed by atoms with Crippen molar-refractivity contribution < 1.29 is 9.53 Å². The predicted octanol–water partition coefficient (Wildman–Crippen LogP) is 3.57. The normalized spacial score (nSPS) is 15.5. The number of benzene rings is 2. The number of aliphatic imine (C=N–C) groups is 1. The summed E-state index contributed by atoms with van der Waals surface area (Å²) in [7, 11) is 1.57. The van der Waals surface area contributed by atoms with Gasteiger partial charge < -0.3 is 10.1 Å². The molecule has 1 aliphatic heterocycles. The van der Waals surface area contributed by atoms with Gasteiger partial charge in [0.05, 0.1) is 7.11 Å². The monoisotopic (exact) mass is 326 g/mol. The minimum absolute atomic E-state index is 0.247.